The van der Waals surface area contributed by atoms with E-state index in [4.69, 9.17) is 5.26 Å². The van der Waals surface area contributed by atoms with Crippen LogP contribution < -0.4 is 0 Å². The van der Waals surface area contributed by atoms with Crippen molar-refractivity contribution in [2.24, 2.45) is 0 Å². The van der Waals surface area contributed by atoms with Crippen LogP contribution in [-0.2, 0) is 0 Å². The number of rotatable bonds is 1. The fraction of sp³-hybridized carbons (Fsp3) is 0.200. The average molecular weight is 235 g/mol. The summed E-state index contributed by atoms with van der Waals surface area (Å²) < 4.78 is 0. The van der Waals surface area contributed by atoms with Crippen molar-refractivity contribution in [1.82, 2.24) is 4.98 Å². The van der Waals surface area contributed by atoms with E-state index in [0.29, 0.717) is 11.3 Å². The molecule has 0 aliphatic carbocycles. The van der Waals surface area contributed by atoms with Crippen molar-refractivity contribution >= 4 is 15.9 Å². The first-order valence-electron chi connectivity index (χ1n) is 3.78. The Hall–Kier alpha value is -1.32. The second-order valence-electron chi connectivity index (χ2n) is 2.28. The number of halogens is 1. The van der Waals surface area contributed by atoms with Gasteiger partial charge in [-0.2, -0.15) is 5.26 Å². The molecular formula is C10H7BrN2. The first-order chi connectivity index (χ1) is 6.36. The van der Waals surface area contributed by atoms with E-state index in [1.807, 2.05) is 6.07 Å². The van der Waals surface area contributed by atoms with Gasteiger partial charge in [0.05, 0.1) is 11.6 Å². The third kappa shape index (κ3) is 3.27. The summed E-state index contributed by atoms with van der Waals surface area (Å²) in [7, 11) is 0. The predicted molar refractivity (Wildman–Crippen MR) is 54.2 cm³/mol. The predicted octanol–water partition coefficient (Wildman–Crippen LogP) is 2.09. The Bertz CT molecular complexity index is 382. The number of nitrogens with zero attached hydrogens (tertiary/aromatic N) is 2. The van der Waals surface area contributed by atoms with Crippen LogP contribution >= 0.6 is 15.9 Å². The smallest absolute Gasteiger partial charge is 0.114 e. The Morgan fingerprint density at radius 3 is 3.08 bits per heavy atom. The summed E-state index contributed by atoms with van der Waals surface area (Å²) in [6, 6.07) is 5.38. The summed E-state index contributed by atoms with van der Waals surface area (Å²) >= 11 is 3.28. The molecule has 0 unspecified atom stereocenters. The summed E-state index contributed by atoms with van der Waals surface area (Å²) in [4.78, 5) is 4.02. The summed E-state index contributed by atoms with van der Waals surface area (Å²) in [6.07, 6.45) is 2.38. The van der Waals surface area contributed by atoms with E-state index in [0.717, 1.165) is 11.8 Å². The lowest BCUT2D eigenvalue weighted by atomic mass is 10.2. The van der Waals surface area contributed by atoms with Crippen LogP contribution in [0.15, 0.2) is 18.3 Å². The minimum atomic E-state index is 0.596. The third-order valence-electron chi connectivity index (χ3n) is 1.32. The average Bonchev–Trinajstić information content (AvgIpc) is 2.19. The van der Waals surface area contributed by atoms with E-state index < -0.39 is 0 Å². The normalized spacial score (nSPS) is 8.31. The molecule has 0 bridgehead atoms. The van der Waals surface area contributed by atoms with Gasteiger partial charge in [0.2, 0.25) is 0 Å². The Kier molecular flexibility index (Phi) is 4.02. The van der Waals surface area contributed by atoms with Gasteiger partial charge >= 0.3 is 0 Å². The van der Waals surface area contributed by atoms with E-state index >= 15 is 0 Å². The second kappa shape index (κ2) is 5.35. The number of alkyl halides is 1. The van der Waals surface area contributed by atoms with Crippen LogP contribution in [0.25, 0.3) is 0 Å². The van der Waals surface area contributed by atoms with Gasteiger partial charge in [-0.3, -0.25) is 0 Å². The van der Waals surface area contributed by atoms with Gasteiger partial charge in [0.15, 0.2) is 0 Å². The SMILES string of the molecule is N#Cc1ccnc(C#CCCBr)c1. The maximum atomic E-state index is 8.60. The molecule has 0 amide bonds. The number of hydrogen-bond acceptors (Lipinski definition) is 2. The number of nitriles is 1. The van der Waals surface area contributed by atoms with Crippen molar-refractivity contribution < 1.29 is 0 Å². The lowest BCUT2D eigenvalue weighted by Crippen LogP contribution is -1.83. The largest absolute Gasteiger partial charge is 0.248 e. The number of hydrogen-bond donors (Lipinski definition) is 0. The van der Waals surface area contributed by atoms with E-state index in [9.17, 15) is 0 Å². The molecule has 0 aliphatic heterocycles. The van der Waals surface area contributed by atoms with E-state index in [-0.39, 0.29) is 0 Å². The summed E-state index contributed by atoms with van der Waals surface area (Å²) in [5, 5.41) is 9.46. The Morgan fingerprint density at radius 1 is 1.54 bits per heavy atom. The second-order valence-corrected chi connectivity index (χ2v) is 3.08. The van der Waals surface area contributed by atoms with E-state index in [1.54, 1.807) is 18.3 Å². The molecule has 0 N–H and O–H groups in total. The van der Waals surface area contributed by atoms with Crippen LogP contribution in [-0.4, -0.2) is 10.3 Å². The summed E-state index contributed by atoms with van der Waals surface area (Å²) in [6.45, 7) is 0. The zero-order valence-electron chi connectivity index (χ0n) is 6.92. The zero-order chi connectivity index (χ0) is 9.52. The van der Waals surface area contributed by atoms with Crippen molar-refractivity contribution in [1.29, 1.82) is 5.26 Å². The standard InChI is InChI=1S/C10H7BrN2/c11-5-2-1-3-10-7-9(8-12)4-6-13-10/h4,6-7H,2,5H2. The molecule has 0 saturated heterocycles. The van der Waals surface area contributed by atoms with Gasteiger partial charge in [0, 0.05) is 17.9 Å². The van der Waals surface area contributed by atoms with Gasteiger partial charge in [-0.15, -0.1) is 0 Å². The molecular weight excluding hydrogens is 228 g/mol. The van der Waals surface area contributed by atoms with Crippen molar-refractivity contribution in [2.45, 2.75) is 6.42 Å². The van der Waals surface area contributed by atoms with Gasteiger partial charge in [0.1, 0.15) is 5.69 Å². The minimum absolute atomic E-state index is 0.596. The van der Waals surface area contributed by atoms with Crippen LogP contribution in [0, 0.1) is 23.2 Å². The van der Waals surface area contributed by atoms with Crippen molar-refractivity contribution in [3.8, 4) is 17.9 Å². The van der Waals surface area contributed by atoms with Crippen molar-refractivity contribution in [3.63, 3.8) is 0 Å². The molecule has 0 fully saturated rings. The molecule has 1 aromatic rings. The van der Waals surface area contributed by atoms with Crippen LogP contribution in [0.1, 0.15) is 17.7 Å². The number of pyridine rings is 1. The van der Waals surface area contributed by atoms with Crippen LogP contribution in [0.5, 0.6) is 0 Å². The first kappa shape index (κ1) is 9.77. The van der Waals surface area contributed by atoms with Gasteiger partial charge < -0.3 is 0 Å². The molecule has 0 atom stereocenters. The highest BCUT2D eigenvalue weighted by molar-refractivity contribution is 9.09. The Morgan fingerprint density at radius 2 is 2.38 bits per heavy atom. The molecule has 0 aromatic carbocycles. The summed E-state index contributed by atoms with van der Waals surface area (Å²) in [5.41, 5.74) is 1.25. The Labute approximate surface area is 85.7 Å². The molecule has 0 spiro atoms. The van der Waals surface area contributed by atoms with Crippen LogP contribution in [0.3, 0.4) is 0 Å². The molecule has 3 heteroatoms. The van der Waals surface area contributed by atoms with Gasteiger partial charge in [-0.1, -0.05) is 21.9 Å². The number of aromatic nitrogens is 1. The fourth-order valence-corrected chi connectivity index (χ4v) is 0.967. The maximum Gasteiger partial charge on any atom is 0.114 e. The van der Waals surface area contributed by atoms with Gasteiger partial charge in [-0.25, -0.2) is 4.98 Å². The molecule has 0 saturated carbocycles. The zero-order valence-corrected chi connectivity index (χ0v) is 8.50. The molecule has 1 aromatic heterocycles. The van der Waals surface area contributed by atoms with E-state index in [2.05, 4.69) is 32.8 Å². The summed E-state index contributed by atoms with van der Waals surface area (Å²) in [5.74, 6) is 5.81. The quantitative estimate of drug-likeness (QED) is 0.552. The lowest BCUT2D eigenvalue weighted by molar-refractivity contribution is 1.26. The fourth-order valence-electron chi connectivity index (χ4n) is 0.769. The highest BCUT2D eigenvalue weighted by Crippen LogP contribution is 1.98. The maximum absolute atomic E-state index is 8.60. The highest BCUT2D eigenvalue weighted by atomic mass is 79.9. The highest BCUT2D eigenvalue weighted by Gasteiger charge is 1.91. The minimum Gasteiger partial charge on any atom is -0.248 e. The van der Waals surface area contributed by atoms with Gasteiger partial charge in [0.25, 0.3) is 0 Å². The molecule has 2 nitrogen and oxygen atoms in total. The van der Waals surface area contributed by atoms with E-state index in [1.165, 1.54) is 0 Å². The molecule has 64 valence electrons. The molecule has 1 rings (SSSR count). The van der Waals surface area contributed by atoms with Gasteiger partial charge in [-0.05, 0) is 18.1 Å². The van der Waals surface area contributed by atoms with Crippen molar-refractivity contribution in [2.75, 3.05) is 5.33 Å². The lowest BCUT2D eigenvalue weighted by Gasteiger charge is -1.88. The van der Waals surface area contributed by atoms with Crippen LogP contribution in [0.4, 0.5) is 0 Å². The molecule has 1 heterocycles. The molecule has 0 aliphatic rings. The van der Waals surface area contributed by atoms with Crippen molar-refractivity contribution in [3.05, 3.63) is 29.6 Å². The monoisotopic (exact) mass is 234 g/mol. The van der Waals surface area contributed by atoms with Crippen LogP contribution in [0.2, 0.25) is 0 Å². The Balaban J connectivity index is 2.81. The third-order valence-corrected chi connectivity index (χ3v) is 1.72. The molecule has 13 heavy (non-hydrogen) atoms. The molecule has 0 radical (unpaired) electrons. The topological polar surface area (TPSA) is 36.7 Å². The first-order valence-corrected chi connectivity index (χ1v) is 4.90.